The topological polar surface area (TPSA) is 40.5 Å². The van der Waals surface area contributed by atoms with Gasteiger partial charge in [-0.3, -0.25) is 9.69 Å². The van der Waals surface area contributed by atoms with Crippen LogP contribution < -0.4 is 0 Å². The van der Waals surface area contributed by atoms with E-state index in [9.17, 15) is 4.79 Å². The molecule has 2 aliphatic heterocycles. The quantitative estimate of drug-likeness (QED) is 0.565. The van der Waals surface area contributed by atoms with Crippen LogP contribution in [0.15, 0.2) is 0 Å². The molecule has 0 aromatic rings. The maximum atomic E-state index is 10.6. The van der Waals surface area contributed by atoms with Crippen LogP contribution in [-0.2, 0) is 4.79 Å². The van der Waals surface area contributed by atoms with Crippen LogP contribution in [0.2, 0.25) is 0 Å². The molecule has 0 amide bonds. The fourth-order valence-electron chi connectivity index (χ4n) is 2.17. The molecule has 0 unspecified atom stereocenters. The highest BCUT2D eigenvalue weighted by molar-refractivity contribution is 5.74. The summed E-state index contributed by atoms with van der Waals surface area (Å²) >= 11 is 0. The first-order valence-corrected chi connectivity index (χ1v) is 3.76. The van der Waals surface area contributed by atoms with Gasteiger partial charge in [-0.15, -0.1) is 0 Å². The van der Waals surface area contributed by atoms with Gasteiger partial charge in [-0.25, -0.2) is 0 Å². The van der Waals surface area contributed by atoms with E-state index in [1.807, 2.05) is 0 Å². The number of rotatable bonds is 1. The van der Waals surface area contributed by atoms with Crippen LogP contribution in [0.5, 0.6) is 0 Å². The van der Waals surface area contributed by atoms with Gasteiger partial charge in [0.25, 0.3) is 0 Å². The van der Waals surface area contributed by atoms with Gasteiger partial charge < -0.3 is 5.11 Å². The Morgan fingerprint density at radius 3 is 2.20 bits per heavy atom. The Labute approximate surface area is 59.6 Å². The van der Waals surface area contributed by atoms with Gasteiger partial charge in [0.15, 0.2) is 0 Å². The molecule has 3 nitrogen and oxygen atoms in total. The number of carboxylic acids is 1. The highest BCUT2D eigenvalue weighted by Gasteiger charge is 2.43. The maximum Gasteiger partial charge on any atom is 0.321 e. The minimum atomic E-state index is -0.625. The molecule has 3 heteroatoms. The molecular weight excluding hydrogens is 130 g/mol. The van der Waals surface area contributed by atoms with E-state index in [-0.39, 0.29) is 6.04 Å². The second-order valence-electron chi connectivity index (χ2n) is 3.16. The monoisotopic (exact) mass is 141 g/mol. The molecule has 10 heavy (non-hydrogen) atoms. The molecule has 2 rings (SSSR count). The summed E-state index contributed by atoms with van der Waals surface area (Å²) in [6.45, 7) is 2.00. The number of carbonyl (C=O) groups is 1. The lowest BCUT2D eigenvalue weighted by Gasteiger charge is -2.13. The van der Waals surface area contributed by atoms with Crippen molar-refractivity contribution in [2.75, 3.05) is 13.1 Å². The van der Waals surface area contributed by atoms with Crippen molar-refractivity contribution in [2.45, 2.75) is 18.9 Å². The number of aliphatic carboxylic acids is 1. The molecule has 0 aromatic heterocycles. The third-order valence-corrected chi connectivity index (χ3v) is 2.67. The Bertz CT molecular complexity index is 149. The summed E-state index contributed by atoms with van der Waals surface area (Å²) in [6.07, 6.45) is 2.19. The molecule has 2 fully saturated rings. The molecule has 2 saturated heterocycles. The summed E-state index contributed by atoms with van der Waals surface area (Å²) < 4.78 is 0. The van der Waals surface area contributed by atoms with Gasteiger partial charge >= 0.3 is 5.97 Å². The summed E-state index contributed by atoms with van der Waals surface area (Å²) in [7, 11) is 0. The number of carboxylic acid groups (broad SMARTS) is 1. The van der Waals surface area contributed by atoms with Crippen molar-refractivity contribution in [3.8, 4) is 0 Å². The average molecular weight is 141 g/mol. The van der Waals surface area contributed by atoms with Crippen LogP contribution in [0.3, 0.4) is 0 Å². The molecule has 0 spiro atoms. The van der Waals surface area contributed by atoms with Crippen molar-refractivity contribution < 1.29 is 9.90 Å². The predicted molar refractivity (Wildman–Crippen MR) is 35.7 cm³/mol. The molecular formula is C7H11NO2. The second kappa shape index (κ2) is 1.95. The van der Waals surface area contributed by atoms with Crippen LogP contribution in [0.25, 0.3) is 0 Å². The number of fused-ring (bicyclic) bond motifs is 2. The highest BCUT2D eigenvalue weighted by atomic mass is 16.4. The first-order valence-electron chi connectivity index (χ1n) is 3.76. The Morgan fingerprint density at radius 1 is 1.40 bits per heavy atom. The lowest BCUT2D eigenvalue weighted by Crippen LogP contribution is -2.33. The zero-order chi connectivity index (χ0) is 7.14. The van der Waals surface area contributed by atoms with Gasteiger partial charge in [0, 0.05) is 0 Å². The summed E-state index contributed by atoms with van der Waals surface area (Å²) in [5.41, 5.74) is 0. The SMILES string of the molecule is O=C(O)[C@@H]1C2CCN1CC2. The molecule has 1 N–H and O–H groups in total. The average Bonchev–Trinajstić information content (AvgIpc) is 2.43. The maximum absolute atomic E-state index is 10.6. The molecule has 56 valence electrons. The molecule has 0 aromatic carbocycles. The summed E-state index contributed by atoms with van der Waals surface area (Å²) in [4.78, 5) is 12.7. The largest absolute Gasteiger partial charge is 0.480 e. The molecule has 2 heterocycles. The Balaban J connectivity index is 2.16. The number of piperidine rings is 1. The molecule has 1 atom stereocenters. The standard InChI is InChI=1S/C7H11NO2/c9-7(10)6-5-1-3-8(6)4-2-5/h5-6H,1-4H2,(H,9,10)/t6-/m0/s1. The molecule has 0 radical (unpaired) electrons. The highest BCUT2D eigenvalue weighted by Crippen LogP contribution is 2.34. The molecule has 2 bridgehead atoms. The smallest absolute Gasteiger partial charge is 0.321 e. The van der Waals surface area contributed by atoms with Crippen molar-refractivity contribution >= 4 is 5.97 Å². The van der Waals surface area contributed by atoms with E-state index < -0.39 is 5.97 Å². The van der Waals surface area contributed by atoms with Crippen LogP contribution in [0.4, 0.5) is 0 Å². The second-order valence-corrected chi connectivity index (χ2v) is 3.16. The third kappa shape index (κ3) is 0.669. The lowest BCUT2D eigenvalue weighted by atomic mass is 10.00. The first kappa shape index (κ1) is 6.16. The van der Waals surface area contributed by atoms with Crippen LogP contribution >= 0.6 is 0 Å². The van der Waals surface area contributed by atoms with Crippen LogP contribution in [0.1, 0.15) is 12.8 Å². The van der Waals surface area contributed by atoms with E-state index in [2.05, 4.69) is 4.90 Å². The number of nitrogens with zero attached hydrogens (tertiary/aromatic N) is 1. The van der Waals surface area contributed by atoms with Gasteiger partial charge in [-0.05, 0) is 31.8 Å². The lowest BCUT2D eigenvalue weighted by molar-refractivity contribution is -0.141. The zero-order valence-electron chi connectivity index (χ0n) is 5.79. The van der Waals surface area contributed by atoms with E-state index >= 15 is 0 Å². The van der Waals surface area contributed by atoms with E-state index in [1.54, 1.807) is 0 Å². The van der Waals surface area contributed by atoms with E-state index in [1.165, 1.54) is 0 Å². The summed E-state index contributed by atoms with van der Waals surface area (Å²) in [6, 6.07) is -0.139. The minimum absolute atomic E-state index is 0.139. The molecule has 0 aliphatic carbocycles. The summed E-state index contributed by atoms with van der Waals surface area (Å²) in [5, 5.41) is 8.75. The Hall–Kier alpha value is -0.570. The first-order chi connectivity index (χ1) is 4.79. The van der Waals surface area contributed by atoms with Crippen LogP contribution in [0, 0.1) is 5.92 Å². The Kier molecular flexibility index (Phi) is 1.20. The molecule has 2 aliphatic rings. The van der Waals surface area contributed by atoms with E-state index in [0.717, 1.165) is 25.9 Å². The van der Waals surface area contributed by atoms with Gasteiger partial charge in [0.1, 0.15) is 6.04 Å². The van der Waals surface area contributed by atoms with Crippen molar-refractivity contribution in [3.63, 3.8) is 0 Å². The predicted octanol–water partition coefficient (Wildman–Crippen LogP) is 0.165. The van der Waals surface area contributed by atoms with Gasteiger partial charge in [-0.1, -0.05) is 0 Å². The van der Waals surface area contributed by atoms with Gasteiger partial charge in [0.2, 0.25) is 0 Å². The van der Waals surface area contributed by atoms with Crippen LogP contribution in [-0.4, -0.2) is 35.1 Å². The van der Waals surface area contributed by atoms with E-state index in [0.29, 0.717) is 5.92 Å². The normalized spacial score (nSPS) is 44.2. The fraction of sp³-hybridized carbons (Fsp3) is 0.857. The zero-order valence-corrected chi connectivity index (χ0v) is 5.79. The van der Waals surface area contributed by atoms with Gasteiger partial charge in [0.05, 0.1) is 0 Å². The fourth-order valence-corrected chi connectivity index (χ4v) is 2.17. The van der Waals surface area contributed by atoms with Crippen molar-refractivity contribution in [3.05, 3.63) is 0 Å². The van der Waals surface area contributed by atoms with Gasteiger partial charge in [-0.2, -0.15) is 0 Å². The van der Waals surface area contributed by atoms with E-state index in [4.69, 9.17) is 5.11 Å². The van der Waals surface area contributed by atoms with Crippen molar-refractivity contribution in [1.29, 1.82) is 0 Å². The molecule has 0 saturated carbocycles. The number of hydrogen-bond donors (Lipinski definition) is 1. The summed E-state index contributed by atoms with van der Waals surface area (Å²) in [5.74, 6) is -0.169. The Morgan fingerprint density at radius 2 is 2.00 bits per heavy atom. The third-order valence-electron chi connectivity index (χ3n) is 2.67. The van der Waals surface area contributed by atoms with Crippen molar-refractivity contribution in [2.24, 2.45) is 5.92 Å². The van der Waals surface area contributed by atoms with Crippen molar-refractivity contribution in [1.82, 2.24) is 4.90 Å². The minimum Gasteiger partial charge on any atom is -0.480 e. The number of hydrogen-bond acceptors (Lipinski definition) is 2.